The van der Waals surface area contributed by atoms with E-state index in [1.807, 2.05) is 46.8 Å². The van der Waals surface area contributed by atoms with Gasteiger partial charge in [0.05, 0.1) is 35.8 Å². The van der Waals surface area contributed by atoms with Crippen molar-refractivity contribution in [2.45, 2.75) is 78.4 Å². The number of carbonyl (C=O) groups excluding carboxylic acids is 1. The van der Waals surface area contributed by atoms with E-state index in [2.05, 4.69) is 42.2 Å². The molecule has 0 atom stereocenters. The van der Waals surface area contributed by atoms with Gasteiger partial charge in [-0.05, 0) is 44.5 Å². The van der Waals surface area contributed by atoms with Gasteiger partial charge in [-0.15, -0.1) is 0 Å². The first-order chi connectivity index (χ1) is 19.1. The molecular formula is C30H41N7O4. The summed E-state index contributed by atoms with van der Waals surface area (Å²) in [6.45, 7) is 16.5. The van der Waals surface area contributed by atoms with Crippen molar-refractivity contribution in [3.63, 3.8) is 0 Å². The summed E-state index contributed by atoms with van der Waals surface area (Å²) in [6, 6.07) is 9.72. The molecule has 11 nitrogen and oxygen atoms in total. The summed E-state index contributed by atoms with van der Waals surface area (Å²) in [5.74, 6) is 1.03. The van der Waals surface area contributed by atoms with Gasteiger partial charge in [-0.3, -0.25) is 4.90 Å². The number of nitriles is 1. The Kier molecular flexibility index (Phi) is 9.11. The maximum absolute atomic E-state index is 13.0. The molecule has 3 heterocycles. The van der Waals surface area contributed by atoms with Gasteiger partial charge in [-0.1, -0.05) is 34.6 Å². The molecule has 41 heavy (non-hydrogen) atoms. The van der Waals surface area contributed by atoms with Crippen LogP contribution < -0.4 is 10.2 Å². The van der Waals surface area contributed by atoms with Crippen molar-refractivity contribution in [2.75, 3.05) is 30.5 Å². The van der Waals surface area contributed by atoms with Gasteiger partial charge in [0.25, 0.3) is 0 Å². The van der Waals surface area contributed by atoms with Crippen molar-refractivity contribution in [1.82, 2.24) is 19.7 Å². The number of rotatable bonds is 5. The molecule has 3 N–H and O–H groups in total. The van der Waals surface area contributed by atoms with Gasteiger partial charge in [0.1, 0.15) is 17.5 Å². The number of aliphatic hydroxyl groups excluding tert-OH is 2. The highest BCUT2D eigenvalue weighted by Crippen LogP contribution is 2.45. The second-order valence-corrected chi connectivity index (χ2v) is 12.5. The minimum Gasteiger partial charge on any atom is -0.443 e. The molecule has 0 radical (unpaired) electrons. The summed E-state index contributed by atoms with van der Waals surface area (Å²) >= 11 is 0. The average molecular weight is 564 g/mol. The lowest BCUT2D eigenvalue weighted by Gasteiger charge is -2.26. The molecule has 11 heteroatoms. The molecule has 2 aromatic heterocycles. The molecule has 1 amide bonds. The SMILES string of the molecule is CC(C)(C)OC(=O)N1CC(C)(C)c2cc(-c3ccnc(Nc4cc(C(C)(C)C)nn4CCO)n3)cc(C#N)c21.CO. The highest BCUT2D eigenvalue weighted by molar-refractivity contribution is 5.94. The van der Waals surface area contributed by atoms with E-state index in [9.17, 15) is 15.2 Å². The van der Waals surface area contributed by atoms with Gasteiger partial charge in [0.15, 0.2) is 0 Å². The van der Waals surface area contributed by atoms with Crippen LogP contribution >= 0.6 is 0 Å². The summed E-state index contributed by atoms with van der Waals surface area (Å²) in [5.41, 5.74) is 2.87. The third kappa shape index (κ3) is 7.01. The van der Waals surface area contributed by atoms with E-state index in [1.54, 1.807) is 27.9 Å². The lowest BCUT2D eigenvalue weighted by Crippen LogP contribution is -2.38. The normalized spacial score (nSPS) is 14.0. The number of ether oxygens (including phenoxy) is 1. The molecule has 0 fully saturated rings. The van der Waals surface area contributed by atoms with E-state index < -0.39 is 17.1 Å². The van der Waals surface area contributed by atoms with E-state index in [0.29, 0.717) is 41.8 Å². The number of anilines is 3. The third-order valence-electron chi connectivity index (χ3n) is 6.45. The highest BCUT2D eigenvalue weighted by Gasteiger charge is 2.42. The topological polar surface area (TPSA) is 149 Å². The van der Waals surface area contributed by atoms with Gasteiger partial charge < -0.3 is 20.3 Å². The predicted octanol–water partition coefficient (Wildman–Crippen LogP) is 4.89. The lowest BCUT2D eigenvalue weighted by atomic mass is 9.85. The Labute approximate surface area is 241 Å². The number of nitrogens with one attached hydrogen (secondary N) is 1. The summed E-state index contributed by atoms with van der Waals surface area (Å²) in [5, 5.41) is 34.4. The van der Waals surface area contributed by atoms with Crippen molar-refractivity contribution >= 4 is 23.5 Å². The van der Waals surface area contributed by atoms with Crippen LogP contribution in [-0.2, 0) is 22.1 Å². The molecule has 0 aliphatic carbocycles. The van der Waals surface area contributed by atoms with Crippen LogP contribution in [0.5, 0.6) is 0 Å². The van der Waals surface area contributed by atoms with E-state index in [-0.39, 0.29) is 12.0 Å². The second-order valence-electron chi connectivity index (χ2n) is 12.5. The predicted molar refractivity (Wildman–Crippen MR) is 158 cm³/mol. The number of hydrogen-bond acceptors (Lipinski definition) is 9. The van der Waals surface area contributed by atoms with Crippen LogP contribution in [0.25, 0.3) is 11.3 Å². The lowest BCUT2D eigenvalue weighted by molar-refractivity contribution is 0.0579. The van der Waals surface area contributed by atoms with E-state index in [0.717, 1.165) is 23.9 Å². The van der Waals surface area contributed by atoms with Crippen molar-refractivity contribution in [3.05, 3.63) is 47.3 Å². The van der Waals surface area contributed by atoms with Gasteiger partial charge >= 0.3 is 6.09 Å². The Morgan fingerprint density at radius 1 is 1.17 bits per heavy atom. The molecule has 0 saturated carbocycles. The van der Waals surface area contributed by atoms with Crippen LogP contribution in [0.4, 0.5) is 22.2 Å². The van der Waals surface area contributed by atoms with Crippen LogP contribution in [0.3, 0.4) is 0 Å². The highest BCUT2D eigenvalue weighted by atomic mass is 16.6. The Morgan fingerprint density at radius 2 is 1.85 bits per heavy atom. The van der Waals surface area contributed by atoms with Crippen molar-refractivity contribution in [1.29, 1.82) is 5.26 Å². The van der Waals surface area contributed by atoms with Crippen LogP contribution in [0, 0.1) is 11.3 Å². The number of fused-ring (bicyclic) bond motifs is 1. The molecule has 4 rings (SSSR count). The molecule has 0 saturated heterocycles. The van der Waals surface area contributed by atoms with Crippen molar-refractivity contribution < 1.29 is 19.7 Å². The molecule has 1 aliphatic heterocycles. The Balaban J connectivity index is 0.00000226. The minimum atomic E-state index is -0.652. The van der Waals surface area contributed by atoms with Crippen LogP contribution in [0.1, 0.15) is 72.2 Å². The van der Waals surface area contributed by atoms with Crippen LogP contribution in [0.2, 0.25) is 0 Å². The van der Waals surface area contributed by atoms with Gasteiger partial charge in [0, 0.05) is 42.3 Å². The number of nitrogens with zero attached hydrogens (tertiary/aromatic N) is 6. The standard InChI is InChI=1S/C29H37N7O3.CH4O/c1-27(2,3)22-15-23(36(34-22)11-12-37)33-25-31-10-9-21(32-25)18-13-19(16-30)24-20(14-18)29(7,8)17-35(24)26(38)39-28(4,5)6;1-2/h9-10,13-15,37H,11-12,17H2,1-8H3,(H,31,32,33);2H,1H3. The smallest absolute Gasteiger partial charge is 0.414 e. The quantitative estimate of drug-likeness (QED) is 0.394. The van der Waals surface area contributed by atoms with Crippen LogP contribution in [0.15, 0.2) is 30.5 Å². The molecule has 1 aliphatic rings. The van der Waals surface area contributed by atoms with Crippen molar-refractivity contribution in [2.24, 2.45) is 0 Å². The maximum atomic E-state index is 13.0. The first-order valence-electron chi connectivity index (χ1n) is 13.5. The number of aliphatic hydroxyl groups is 2. The second kappa shape index (κ2) is 11.8. The fourth-order valence-corrected chi connectivity index (χ4v) is 4.55. The molecule has 0 bridgehead atoms. The number of benzene rings is 1. The monoisotopic (exact) mass is 563 g/mol. The minimum absolute atomic E-state index is 0.0526. The van der Waals surface area contributed by atoms with Gasteiger partial charge in [-0.25, -0.2) is 19.4 Å². The molecule has 1 aromatic carbocycles. The summed E-state index contributed by atoms with van der Waals surface area (Å²) in [7, 11) is 1.00. The van der Waals surface area contributed by atoms with Gasteiger partial charge in [0.2, 0.25) is 5.95 Å². The average Bonchev–Trinajstić information content (AvgIpc) is 3.42. The van der Waals surface area contributed by atoms with Gasteiger partial charge in [-0.2, -0.15) is 10.4 Å². The van der Waals surface area contributed by atoms with E-state index in [1.165, 1.54) is 0 Å². The summed E-state index contributed by atoms with van der Waals surface area (Å²) in [6.07, 6.45) is 1.18. The molecule has 3 aromatic rings. The number of aromatic nitrogens is 4. The Hall–Kier alpha value is -4.01. The van der Waals surface area contributed by atoms with E-state index in [4.69, 9.17) is 14.8 Å². The third-order valence-corrected chi connectivity index (χ3v) is 6.45. The number of carbonyl (C=O) groups is 1. The zero-order chi connectivity index (χ0) is 30.8. The fourth-order valence-electron chi connectivity index (χ4n) is 4.55. The largest absolute Gasteiger partial charge is 0.443 e. The molecule has 0 unspecified atom stereocenters. The summed E-state index contributed by atoms with van der Waals surface area (Å²) < 4.78 is 7.34. The van der Waals surface area contributed by atoms with Crippen LogP contribution in [-0.4, -0.2) is 61.9 Å². The first kappa shape index (κ1) is 31.5. The molecule has 0 spiro atoms. The zero-order valence-electron chi connectivity index (χ0n) is 25.4. The Morgan fingerprint density at radius 3 is 2.44 bits per heavy atom. The fraction of sp³-hybridized carbons (Fsp3) is 0.500. The zero-order valence-corrected chi connectivity index (χ0v) is 25.4. The number of amides is 1. The van der Waals surface area contributed by atoms with E-state index >= 15 is 0 Å². The Bertz CT molecular complexity index is 1440. The number of hydrogen-bond donors (Lipinski definition) is 3. The molecular weight excluding hydrogens is 522 g/mol. The molecule has 220 valence electrons. The maximum Gasteiger partial charge on any atom is 0.414 e. The first-order valence-corrected chi connectivity index (χ1v) is 13.5. The summed E-state index contributed by atoms with van der Waals surface area (Å²) in [4.78, 5) is 23.7. The van der Waals surface area contributed by atoms with Crippen molar-refractivity contribution in [3.8, 4) is 17.3 Å².